The summed E-state index contributed by atoms with van der Waals surface area (Å²) in [4.78, 5) is 22.6. The Morgan fingerprint density at radius 2 is 2.06 bits per heavy atom. The lowest BCUT2D eigenvalue weighted by Crippen LogP contribution is -2.42. The molecule has 0 aliphatic heterocycles. The van der Waals surface area contributed by atoms with Gasteiger partial charge in [-0.2, -0.15) is 5.10 Å². The summed E-state index contributed by atoms with van der Waals surface area (Å²) in [5.41, 5.74) is 6.81. The zero-order valence-corrected chi connectivity index (χ0v) is 9.93. The number of hydrazine groups is 1. The molecule has 2 amide bonds. The Morgan fingerprint density at radius 1 is 1.29 bits per heavy atom. The van der Waals surface area contributed by atoms with E-state index in [1.54, 1.807) is 0 Å². The first-order chi connectivity index (χ1) is 8.22. The van der Waals surface area contributed by atoms with Gasteiger partial charge in [-0.05, 0) is 25.7 Å². The van der Waals surface area contributed by atoms with Crippen molar-refractivity contribution >= 4 is 23.4 Å². The number of aromatic nitrogens is 2. The number of carbonyl (C=O) groups is 2. The number of halogens is 1. The first-order valence-electron chi connectivity index (χ1n) is 5.43. The number of alkyl halides is 1. The SMILES string of the molecule is O=C(CCl)NNC(=O)c1n[nH]c2c1CCCC2. The molecule has 2 rings (SSSR count). The molecule has 17 heavy (non-hydrogen) atoms. The van der Waals surface area contributed by atoms with Gasteiger partial charge in [-0.3, -0.25) is 25.5 Å². The van der Waals surface area contributed by atoms with Gasteiger partial charge >= 0.3 is 0 Å². The molecule has 0 radical (unpaired) electrons. The Kier molecular flexibility index (Phi) is 3.63. The minimum absolute atomic E-state index is 0.195. The average molecular weight is 257 g/mol. The molecular formula is C10H13ClN4O2. The molecule has 0 unspecified atom stereocenters. The van der Waals surface area contributed by atoms with Crippen LogP contribution in [0.3, 0.4) is 0 Å². The van der Waals surface area contributed by atoms with Gasteiger partial charge in [0.25, 0.3) is 11.8 Å². The molecule has 1 aromatic heterocycles. The van der Waals surface area contributed by atoms with E-state index in [-0.39, 0.29) is 5.88 Å². The van der Waals surface area contributed by atoms with Gasteiger partial charge in [0, 0.05) is 11.3 Å². The van der Waals surface area contributed by atoms with E-state index >= 15 is 0 Å². The molecule has 1 heterocycles. The smallest absolute Gasteiger partial charge is 0.281 e. The first-order valence-corrected chi connectivity index (χ1v) is 5.97. The zero-order chi connectivity index (χ0) is 12.3. The molecule has 0 spiro atoms. The minimum Gasteiger partial charge on any atom is -0.281 e. The van der Waals surface area contributed by atoms with Crippen LogP contribution >= 0.6 is 11.6 Å². The van der Waals surface area contributed by atoms with Gasteiger partial charge in [0.05, 0.1) is 0 Å². The van der Waals surface area contributed by atoms with Crippen LogP contribution in [0.5, 0.6) is 0 Å². The predicted octanol–water partition coefficient (Wildman–Crippen LogP) is 0.288. The van der Waals surface area contributed by atoms with Crippen molar-refractivity contribution in [2.45, 2.75) is 25.7 Å². The normalized spacial score (nSPS) is 13.9. The van der Waals surface area contributed by atoms with Crippen molar-refractivity contribution in [1.29, 1.82) is 0 Å². The van der Waals surface area contributed by atoms with Crippen LogP contribution in [0, 0.1) is 0 Å². The number of nitrogens with zero attached hydrogens (tertiary/aromatic N) is 1. The Labute approximate surface area is 103 Å². The molecule has 1 aromatic rings. The lowest BCUT2D eigenvalue weighted by atomic mass is 9.96. The van der Waals surface area contributed by atoms with Crippen LogP contribution in [0.25, 0.3) is 0 Å². The first kappa shape index (κ1) is 11.9. The maximum atomic E-state index is 11.7. The third-order valence-corrected chi connectivity index (χ3v) is 2.95. The lowest BCUT2D eigenvalue weighted by Gasteiger charge is -2.11. The Hall–Kier alpha value is -1.56. The predicted molar refractivity (Wildman–Crippen MR) is 61.6 cm³/mol. The number of H-pyrrole nitrogens is 1. The highest BCUT2D eigenvalue weighted by Gasteiger charge is 2.21. The van der Waals surface area contributed by atoms with E-state index in [1.807, 2.05) is 0 Å². The van der Waals surface area contributed by atoms with Crippen molar-refractivity contribution in [2.75, 3.05) is 5.88 Å². The summed E-state index contributed by atoms with van der Waals surface area (Å²) in [6.07, 6.45) is 3.93. The van der Waals surface area contributed by atoms with Crippen LogP contribution in [-0.4, -0.2) is 27.9 Å². The molecule has 0 bridgehead atoms. The van der Waals surface area contributed by atoms with Crippen LogP contribution in [0.4, 0.5) is 0 Å². The number of nitrogens with one attached hydrogen (secondary N) is 3. The molecule has 0 fully saturated rings. The number of aryl methyl sites for hydroxylation is 1. The highest BCUT2D eigenvalue weighted by molar-refractivity contribution is 6.27. The second-order valence-corrected chi connectivity index (χ2v) is 4.14. The summed E-state index contributed by atoms with van der Waals surface area (Å²) in [5, 5.41) is 6.84. The fraction of sp³-hybridized carbons (Fsp3) is 0.500. The Morgan fingerprint density at radius 3 is 2.82 bits per heavy atom. The average Bonchev–Trinajstić information content (AvgIpc) is 2.79. The molecule has 0 aromatic carbocycles. The van der Waals surface area contributed by atoms with Crippen molar-refractivity contribution < 1.29 is 9.59 Å². The van der Waals surface area contributed by atoms with E-state index in [0.717, 1.165) is 36.9 Å². The van der Waals surface area contributed by atoms with Crippen molar-refractivity contribution in [2.24, 2.45) is 0 Å². The summed E-state index contributed by atoms with van der Waals surface area (Å²) >= 11 is 5.29. The van der Waals surface area contributed by atoms with Crippen LogP contribution in [0.15, 0.2) is 0 Å². The number of fused-ring (bicyclic) bond motifs is 1. The van der Waals surface area contributed by atoms with Crippen molar-refractivity contribution in [3.63, 3.8) is 0 Å². The van der Waals surface area contributed by atoms with E-state index in [9.17, 15) is 9.59 Å². The zero-order valence-electron chi connectivity index (χ0n) is 9.18. The second-order valence-electron chi connectivity index (χ2n) is 3.87. The van der Waals surface area contributed by atoms with E-state index < -0.39 is 11.8 Å². The topological polar surface area (TPSA) is 86.9 Å². The van der Waals surface area contributed by atoms with Gasteiger partial charge in [-0.15, -0.1) is 11.6 Å². The Bertz CT molecular complexity index is 444. The molecule has 0 atom stereocenters. The van der Waals surface area contributed by atoms with Crippen LogP contribution in [-0.2, 0) is 17.6 Å². The van der Waals surface area contributed by atoms with Crippen molar-refractivity contribution in [1.82, 2.24) is 21.0 Å². The largest absolute Gasteiger partial charge is 0.290 e. The summed E-state index contributed by atoms with van der Waals surface area (Å²) in [7, 11) is 0. The van der Waals surface area contributed by atoms with Crippen LogP contribution in [0.2, 0.25) is 0 Å². The summed E-state index contributed by atoms with van der Waals surface area (Å²) < 4.78 is 0. The van der Waals surface area contributed by atoms with E-state index in [2.05, 4.69) is 21.0 Å². The van der Waals surface area contributed by atoms with Gasteiger partial charge in [0.1, 0.15) is 5.88 Å². The molecule has 1 aliphatic carbocycles. The van der Waals surface area contributed by atoms with Crippen LogP contribution < -0.4 is 10.9 Å². The molecule has 0 saturated heterocycles. The third kappa shape index (κ3) is 2.58. The number of amides is 2. The summed E-state index contributed by atoms with van der Waals surface area (Å²) in [5.74, 6) is -1.06. The van der Waals surface area contributed by atoms with Crippen LogP contribution in [0.1, 0.15) is 34.6 Å². The maximum absolute atomic E-state index is 11.7. The lowest BCUT2D eigenvalue weighted by molar-refractivity contribution is -0.119. The van der Waals surface area contributed by atoms with Gasteiger partial charge in [-0.25, -0.2) is 0 Å². The fourth-order valence-corrected chi connectivity index (χ4v) is 1.95. The number of carbonyl (C=O) groups excluding carboxylic acids is 2. The number of rotatable bonds is 2. The molecule has 7 heteroatoms. The number of hydrogen-bond acceptors (Lipinski definition) is 3. The van der Waals surface area contributed by atoms with Gasteiger partial charge < -0.3 is 0 Å². The van der Waals surface area contributed by atoms with Gasteiger partial charge in [0.15, 0.2) is 5.69 Å². The van der Waals surface area contributed by atoms with E-state index in [4.69, 9.17) is 11.6 Å². The second kappa shape index (κ2) is 5.18. The Balaban J connectivity index is 2.04. The third-order valence-electron chi connectivity index (χ3n) is 2.71. The van der Waals surface area contributed by atoms with Crippen molar-refractivity contribution in [3.8, 4) is 0 Å². The van der Waals surface area contributed by atoms with Gasteiger partial charge in [-0.1, -0.05) is 0 Å². The molecular weight excluding hydrogens is 244 g/mol. The van der Waals surface area contributed by atoms with E-state index in [1.165, 1.54) is 0 Å². The van der Waals surface area contributed by atoms with Crippen molar-refractivity contribution in [3.05, 3.63) is 17.0 Å². The monoisotopic (exact) mass is 256 g/mol. The molecule has 0 saturated carbocycles. The van der Waals surface area contributed by atoms with Gasteiger partial charge in [0.2, 0.25) is 0 Å². The van der Waals surface area contributed by atoms with E-state index in [0.29, 0.717) is 5.69 Å². The highest BCUT2D eigenvalue weighted by atomic mass is 35.5. The highest BCUT2D eigenvalue weighted by Crippen LogP contribution is 2.21. The summed E-state index contributed by atoms with van der Waals surface area (Å²) in [6, 6.07) is 0. The maximum Gasteiger partial charge on any atom is 0.290 e. The molecule has 6 nitrogen and oxygen atoms in total. The molecule has 3 N–H and O–H groups in total. The standard InChI is InChI=1S/C10H13ClN4O2/c11-5-8(16)13-15-10(17)9-6-3-1-2-4-7(6)12-14-9/h1-5H2,(H,12,14)(H,13,16)(H,15,17). The fourth-order valence-electron chi connectivity index (χ4n) is 1.89. The quantitative estimate of drug-likeness (QED) is 0.525. The number of aromatic amines is 1. The summed E-state index contributed by atoms with van der Waals surface area (Å²) in [6.45, 7) is 0. The molecule has 1 aliphatic rings. The molecule has 92 valence electrons. The minimum atomic E-state index is -0.454. The number of hydrogen-bond donors (Lipinski definition) is 3.